The van der Waals surface area contributed by atoms with Gasteiger partial charge in [0.2, 0.25) is 5.91 Å². The lowest BCUT2D eigenvalue weighted by Crippen LogP contribution is -2.44. The lowest BCUT2D eigenvalue weighted by Gasteiger charge is -2.29. The summed E-state index contributed by atoms with van der Waals surface area (Å²) < 4.78 is 13.7. The Morgan fingerprint density at radius 2 is 1.85 bits per heavy atom. The number of anilines is 1. The zero-order chi connectivity index (χ0) is 19.9. The van der Waals surface area contributed by atoms with Crippen molar-refractivity contribution in [1.82, 2.24) is 9.13 Å². The number of methoxy groups -OCH3 is 1. The summed E-state index contributed by atoms with van der Waals surface area (Å²) in [5.41, 5.74) is 0.108. The summed E-state index contributed by atoms with van der Waals surface area (Å²) >= 11 is 0. The number of ether oxygens (including phenoxy) is 2. The van der Waals surface area contributed by atoms with Gasteiger partial charge in [-0.2, -0.15) is 0 Å². The van der Waals surface area contributed by atoms with E-state index in [-0.39, 0.29) is 24.2 Å². The molecule has 3 rings (SSSR count). The number of nitrogens with zero attached hydrogens (tertiary/aromatic N) is 2. The highest BCUT2D eigenvalue weighted by molar-refractivity contribution is 5.94. The van der Waals surface area contributed by atoms with Crippen molar-refractivity contribution in [3.05, 3.63) is 50.2 Å². The third-order valence-electron chi connectivity index (χ3n) is 4.65. The predicted molar refractivity (Wildman–Crippen MR) is 101 cm³/mol. The van der Waals surface area contributed by atoms with Gasteiger partial charge in [-0.05, 0) is 19.9 Å². The minimum atomic E-state index is -0.553. The summed E-state index contributed by atoms with van der Waals surface area (Å²) in [6.07, 6.45) is -0.0536. The second kappa shape index (κ2) is 6.94. The molecule has 1 aromatic carbocycles. The summed E-state index contributed by atoms with van der Waals surface area (Å²) in [4.78, 5) is 37.5. The zero-order valence-corrected chi connectivity index (χ0v) is 16.0. The standard InChI is InChI=1S/C19H23N3O5/c1-10(2)27-16-11(7-6-8-13(16)26-5)12-9-14(23)20-17-15(12)18(24)22(4)19(25)21(17)3/h6-8,10,12H,9H2,1-5H3,(H,20,23). The highest BCUT2D eigenvalue weighted by Crippen LogP contribution is 2.42. The molecule has 27 heavy (non-hydrogen) atoms. The number of hydrogen-bond acceptors (Lipinski definition) is 5. The molecule has 1 amide bonds. The van der Waals surface area contributed by atoms with Crippen LogP contribution in [-0.2, 0) is 18.9 Å². The van der Waals surface area contributed by atoms with Gasteiger partial charge in [0.15, 0.2) is 11.5 Å². The third-order valence-corrected chi connectivity index (χ3v) is 4.65. The maximum absolute atomic E-state index is 12.9. The van der Waals surface area contributed by atoms with Gasteiger partial charge >= 0.3 is 5.69 Å². The average Bonchev–Trinajstić information content (AvgIpc) is 2.63. The molecule has 0 saturated carbocycles. The van der Waals surface area contributed by atoms with Gasteiger partial charge in [-0.3, -0.25) is 18.7 Å². The Morgan fingerprint density at radius 3 is 2.48 bits per heavy atom. The predicted octanol–water partition coefficient (Wildman–Crippen LogP) is 1.35. The lowest BCUT2D eigenvalue weighted by molar-refractivity contribution is -0.116. The summed E-state index contributed by atoms with van der Waals surface area (Å²) in [6, 6.07) is 5.38. The molecule has 1 N–H and O–H groups in total. The maximum atomic E-state index is 12.9. The van der Waals surface area contributed by atoms with E-state index in [9.17, 15) is 14.4 Å². The fourth-order valence-electron chi connectivity index (χ4n) is 3.40. The molecule has 1 aliphatic rings. The van der Waals surface area contributed by atoms with E-state index in [4.69, 9.17) is 9.47 Å². The van der Waals surface area contributed by atoms with Crippen LogP contribution in [0.25, 0.3) is 0 Å². The Kier molecular flexibility index (Phi) is 4.82. The molecule has 0 radical (unpaired) electrons. The van der Waals surface area contributed by atoms with E-state index in [1.807, 2.05) is 19.9 Å². The summed E-state index contributed by atoms with van der Waals surface area (Å²) in [7, 11) is 4.49. The van der Waals surface area contributed by atoms with Crippen LogP contribution in [0.5, 0.6) is 11.5 Å². The molecule has 2 heterocycles. The Hall–Kier alpha value is -3.03. The van der Waals surface area contributed by atoms with Gasteiger partial charge in [0.25, 0.3) is 5.56 Å². The monoisotopic (exact) mass is 373 g/mol. The fourth-order valence-corrected chi connectivity index (χ4v) is 3.40. The van der Waals surface area contributed by atoms with Crippen molar-refractivity contribution in [1.29, 1.82) is 0 Å². The number of carbonyl (C=O) groups excluding carboxylic acids is 1. The minimum Gasteiger partial charge on any atom is -0.493 e. The van der Waals surface area contributed by atoms with Crippen LogP contribution in [0.1, 0.15) is 37.3 Å². The van der Waals surface area contributed by atoms with Crippen LogP contribution in [0, 0.1) is 0 Å². The van der Waals surface area contributed by atoms with Crippen LogP contribution < -0.4 is 26.0 Å². The second-order valence-electron chi connectivity index (χ2n) is 6.82. The first-order valence-corrected chi connectivity index (χ1v) is 8.69. The van der Waals surface area contributed by atoms with Gasteiger partial charge in [-0.15, -0.1) is 0 Å². The maximum Gasteiger partial charge on any atom is 0.332 e. The second-order valence-corrected chi connectivity index (χ2v) is 6.82. The molecule has 1 atom stereocenters. The van der Waals surface area contributed by atoms with Crippen molar-refractivity contribution in [3.8, 4) is 11.5 Å². The molecule has 0 aliphatic carbocycles. The van der Waals surface area contributed by atoms with E-state index < -0.39 is 17.2 Å². The van der Waals surface area contributed by atoms with Crippen molar-refractivity contribution in [2.45, 2.75) is 32.3 Å². The Morgan fingerprint density at radius 1 is 1.15 bits per heavy atom. The van der Waals surface area contributed by atoms with Gasteiger partial charge in [0.1, 0.15) is 5.82 Å². The van der Waals surface area contributed by atoms with E-state index >= 15 is 0 Å². The van der Waals surface area contributed by atoms with Crippen LogP contribution in [0.15, 0.2) is 27.8 Å². The number of nitrogens with one attached hydrogen (secondary N) is 1. The SMILES string of the molecule is COc1cccc(C2CC(=O)Nc3c2c(=O)n(C)c(=O)n3C)c1OC(C)C. The molecule has 1 unspecified atom stereocenters. The number of para-hydroxylation sites is 1. The molecule has 0 saturated heterocycles. The Bertz CT molecular complexity index is 1020. The van der Waals surface area contributed by atoms with E-state index in [0.29, 0.717) is 22.6 Å². The number of hydrogen-bond donors (Lipinski definition) is 1. The van der Waals surface area contributed by atoms with Crippen LogP contribution in [-0.4, -0.2) is 28.3 Å². The molecule has 8 heteroatoms. The number of fused-ring (bicyclic) bond motifs is 1. The number of benzene rings is 1. The van der Waals surface area contributed by atoms with Crippen molar-refractivity contribution in [3.63, 3.8) is 0 Å². The first-order chi connectivity index (χ1) is 12.8. The Balaban J connectivity index is 2.32. The molecule has 1 aliphatic heterocycles. The molecule has 0 fully saturated rings. The molecule has 2 aromatic rings. The Labute approximate surface area is 156 Å². The van der Waals surface area contributed by atoms with Gasteiger partial charge in [-0.25, -0.2) is 4.79 Å². The minimum absolute atomic E-state index is 0.0715. The third kappa shape index (κ3) is 3.11. The molecular weight excluding hydrogens is 350 g/mol. The largest absolute Gasteiger partial charge is 0.493 e. The van der Waals surface area contributed by atoms with Crippen molar-refractivity contribution < 1.29 is 14.3 Å². The molecule has 1 aromatic heterocycles. The quantitative estimate of drug-likeness (QED) is 0.874. The van der Waals surface area contributed by atoms with Crippen LogP contribution in [0.4, 0.5) is 5.82 Å². The lowest BCUT2D eigenvalue weighted by atomic mass is 9.86. The molecule has 0 spiro atoms. The van der Waals surface area contributed by atoms with Crippen LogP contribution in [0.3, 0.4) is 0 Å². The summed E-state index contributed by atoms with van der Waals surface area (Å²) in [5.74, 6) is 0.423. The van der Waals surface area contributed by atoms with E-state index in [1.165, 1.54) is 25.8 Å². The summed E-state index contributed by atoms with van der Waals surface area (Å²) in [5, 5.41) is 2.66. The number of aromatic nitrogens is 2. The van der Waals surface area contributed by atoms with Crippen molar-refractivity contribution in [2.75, 3.05) is 12.4 Å². The first kappa shape index (κ1) is 18.8. The van der Waals surface area contributed by atoms with Crippen molar-refractivity contribution >= 4 is 11.7 Å². The van der Waals surface area contributed by atoms with E-state index in [0.717, 1.165) is 4.57 Å². The molecule has 8 nitrogen and oxygen atoms in total. The van der Waals surface area contributed by atoms with Gasteiger partial charge in [0.05, 0.1) is 18.8 Å². The van der Waals surface area contributed by atoms with Gasteiger partial charge < -0.3 is 14.8 Å². The van der Waals surface area contributed by atoms with Crippen LogP contribution in [0.2, 0.25) is 0 Å². The van der Waals surface area contributed by atoms with E-state index in [1.54, 1.807) is 12.1 Å². The van der Waals surface area contributed by atoms with Gasteiger partial charge in [0, 0.05) is 32.0 Å². The molecule has 0 bridgehead atoms. The smallest absolute Gasteiger partial charge is 0.332 e. The zero-order valence-electron chi connectivity index (χ0n) is 16.0. The average molecular weight is 373 g/mol. The highest BCUT2D eigenvalue weighted by atomic mass is 16.5. The molecular formula is C19H23N3O5. The van der Waals surface area contributed by atoms with E-state index in [2.05, 4.69) is 5.32 Å². The highest BCUT2D eigenvalue weighted by Gasteiger charge is 2.34. The molecule has 144 valence electrons. The number of carbonyl (C=O) groups is 1. The first-order valence-electron chi connectivity index (χ1n) is 8.69. The fraction of sp³-hybridized carbons (Fsp3) is 0.421. The number of rotatable bonds is 4. The van der Waals surface area contributed by atoms with Crippen LogP contribution >= 0.6 is 0 Å². The normalized spacial score (nSPS) is 16.1. The number of amides is 1. The van der Waals surface area contributed by atoms with Crippen molar-refractivity contribution in [2.24, 2.45) is 14.1 Å². The summed E-state index contributed by atoms with van der Waals surface area (Å²) in [6.45, 7) is 3.78. The topological polar surface area (TPSA) is 91.6 Å². The van der Waals surface area contributed by atoms with Gasteiger partial charge in [-0.1, -0.05) is 12.1 Å².